The number of hydrogen-bond acceptors (Lipinski definition) is 3. The molecule has 1 atom stereocenters. The molecule has 0 aromatic rings. The zero-order chi connectivity index (χ0) is 13.5. The smallest absolute Gasteiger partial charge is 0.239 e. The largest absolute Gasteiger partial charge is 0.352 e. The first-order valence-corrected chi connectivity index (χ1v) is 7.79. The van der Waals surface area contributed by atoms with E-state index in [2.05, 4.69) is 19.2 Å². The molecular formula is C13H24N2O2S. The van der Waals surface area contributed by atoms with E-state index in [1.807, 2.05) is 6.92 Å². The topological polar surface area (TPSA) is 49.4 Å². The van der Waals surface area contributed by atoms with Crippen LogP contribution in [-0.2, 0) is 9.59 Å². The van der Waals surface area contributed by atoms with E-state index in [0.717, 1.165) is 12.8 Å². The van der Waals surface area contributed by atoms with Crippen molar-refractivity contribution >= 4 is 23.6 Å². The van der Waals surface area contributed by atoms with Gasteiger partial charge in [0.2, 0.25) is 11.8 Å². The number of carbonyl (C=O) groups is 2. The average molecular weight is 272 g/mol. The van der Waals surface area contributed by atoms with Crippen molar-refractivity contribution in [3.8, 4) is 0 Å². The SMILES string of the molecule is CC(C)CCCC(C)NC(=O)CN1CSCC1=O. The molecule has 0 aromatic carbocycles. The molecule has 5 heteroatoms. The molecule has 18 heavy (non-hydrogen) atoms. The standard InChI is InChI=1S/C13H24N2O2S/c1-10(2)5-4-6-11(3)14-12(16)7-15-9-18-8-13(15)17/h10-11H,4-9H2,1-3H3,(H,14,16). The Balaban J connectivity index is 2.16. The Kier molecular flexibility index (Phi) is 6.54. The molecule has 0 radical (unpaired) electrons. The van der Waals surface area contributed by atoms with Crippen LogP contribution in [0.2, 0.25) is 0 Å². The lowest BCUT2D eigenvalue weighted by molar-refractivity contribution is -0.132. The fourth-order valence-electron chi connectivity index (χ4n) is 1.94. The molecule has 0 aliphatic carbocycles. The first-order valence-electron chi connectivity index (χ1n) is 6.64. The number of carbonyl (C=O) groups excluding carboxylic acids is 2. The summed E-state index contributed by atoms with van der Waals surface area (Å²) in [6, 6.07) is 0.196. The van der Waals surface area contributed by atoms with E-state index in [1.54, 1.807) is 16.7 Å². The van der Waals surface area contributed by atoms with Crippen LogP contribution in [0.1, 0.15) is 40.0 Å². The zero-order valence-corrected chi connectivity index (χ0v) is 12.4. The van der Waals surface area contributed by atoms with Crippen molar-refractivity contribution in [2.75, 3.05) is 18.2 Å². The van der Waals surface area contributed by atoms with Crippen molar-refractivity contribution in [1.82, 2.24) is 10.2 Å². The lowest BCUT2D eigenvalue weighted by Gasteiger charge is -2.18. The highest BCUT2D eigenvalue weighted by atomic mass is 32.2. The average Bonchev–Trinajstić information content (AvgIpc) is 2.63. The highest BCUT2D eigenvalue weighted by Gasteiger charge is 2.23. The maximum atomic E-state index is 11.7. The predicted octanol–water partition coefficient (Wildman–Crippen LogP) is 1.85. The van der Waals surface area contributed by atoms with Gasteiger partial charge in [-0.05, 0) is 19.3 Å². The van der Waals surface area contributed by atoms with Crippen LogP contribution in [0.15, 0.2) is 0 Å². The summed E-state index contributed by atoms with van der Waals surface area (Å²) in [6.07, 6.45) is 3.34. The van der Waals surface area contributed by atoms with Crippen molar-refractivity contribution in [3.63, 3.8) is 0 Å². The van der Waals surface area contributed by atoms with Crippen LogP contribution in [-0.4, -0.2) is 40.9 Å². The van der Waals surface area contributed by atoms with Gasteiger partial charge < -0.3 is 10.2 Å². The zero-order valence-electron chi connectivity index (χ0n) is 11.6. The Morgan fingerprint density at radius 2 is 2.11 bits per heavy atom. The second kappa shape index (κ2) is 7.67. The third-order valence-corrected chi connectivity index (χ3v) is 3.93. The Labute approximate surface area is 114 Å². The summed E-state index contributed by atoms with van der Waals surface area (Å²) in [6.45, 7) is 6.65. The van der Waals surface area contributed by atoms with Gasteiger partial charge in [0, 0.05) is 6.04 Å². The monoisotopic (exact) mass is 272 g/mol. The van der Waals surface area contributed by atoms with Gasteiger partial charge >= 0.3 is 0 Å². The van der Waals surface area contributed by atoms with Gasteiger partial charge in [-0.25, -0.2) is 0 Å². The van der Waals surface area contributed by atoms with E-state index in [-0.39, 0.29) is 24.4 Å². The molecule has 1 N–H and O–H groups in total. The van der Waals surface area contributed by atoms with Crippen LogP contribution in [0, 0.1) is 5.92 Å². The van der Waals surface area contributed by atoms with Gasteiger partial charge in [0.15, 0.2) is 0 Å². The number of nitrogens with one attached hydrogen (secondary N) is 1. The molecule has 1 heterocycles. The number of hydrogen-bond donors (Lipinski definition) is 1. The van der Waals surface area contributed by atoms with Gasteiger partial charge in [0.05, 0.1) is 11.6 Å². The summed E-state index contributed by atoms with van der Waals surface area (Å²) in [5.74, 6) is 1.91. The summed E-state index contributed by atoms with van der Waals surface area (Å²) in [5, 5.41) is 2.96. The second-order valence-corrected chi connectivity index (χ2v) is 6.32. The van der Waals surface area contributed by atoms with Gasteiger partial charge in [-0.15, -0.1) is 11.8 Å². The summed E-state index contributed by atoms with van der Waals surface area (Å²) >= 11 is 1.56. The van der Waals surface area contributed by atoms with Crippen LogP contribution in [0.5, 0.6) is 0 Å². The molecule has 0 spiro atoms. The van der Waals surface area contributed by atoms with E-state index in [1.165, 1.54) is 6.42 Å². The highest BCUT2D eigenvalue weighted by Crippen LogP contribution is 2.14. The first kappa shape index (κ1) is 15.3. The van der Waals surface area contributed by atoms with Gasteiger partial charge in [-0.1, -0.05) is 26.7 Å². The molecule has 4 nitrogen and oxygen atoms in total. The molecule has 104 valence electrons. The van der Waals surface area contributed by atoms with E-state index < -0.39 is 0 Å². The van der Waals surface area contributed by atoms with Gasteiger partial charge in [-0.3, -0.25) is 9.59 Å². The van der Waals surface area contributed by atoms with Crippen molar-refractivity contribution < 1.29 is 9.59 Å². The molecule has 2 amide bonds. The van der Waals surface area contributed by atoms with Gasteiger partial charge in [0.1, 0.15) is 6.54 Å². The van der Waals surface area contributed by atoms with Gasteiger partial charge in [-0.2, -0.15) is 0 Å². The third kappa shape index (κ3) is 5.76. The van der Waals surface area contributed by atoms with E-state index >= 15 is 0 Å². The lowest BCUT2D eigenvalue weighted by Crippen LogP contribution is -2.41. The molecule has 1 rings (SSSR count). The number of thioether (sulfide) groups is 1. The van der Waals surface area contributed by atoms with Crippen molar-refractivity contribution in [2.45, 2.75) is 46.1 Å². The third-order valence-electron chi connectivity index (χ3n) is 2.99. The summed E-state index contributed by atoms with van der Waals surface area (Å²) in [5.41, 5.74) is 0. The quantitative estimate of drug-likeness (QED) is 0.769. The van der Waals surface area contributed by atoms with E-state index in [4.69, 9.17) is 0 Å². The second-order valence-electron chi connectivity index (χ2n) is 5.36. The van der Waals surface area contributed by atoms with Crippen LogP contribution in [0.4, 0.5) is 0 Å². The van der Waals surface area contributed by atoms with Crippen LogP contribution in [0.3, 0.4) is 0 Å². The molecule has 0 bridgehead atoms. The molecule has 1 unspecified atom stereocenters. The molecular weight excluding hydrogens is 248 g/mol. The minimum Gasteiger partial charge on any atom is -0.352 e. The highest BCUT2D eigenvalue weighted by molar-refractivity contribution is 8.00. The maximum Gasteiger partial charge on any atom is 0.239 e. The summed E-state index contributed by atoms with van der Waals surface area (Å²) in [4.78, 5) is 24.7. The van der Waals surface area contributed by atoms with E-state index in [0.29, 0.717) is 17.5 Å². The molecule has 0 saturated carbocycles. The molecule has 1 aliphatic heterocycles. The molecule has 0 aromatic heterocycles. The number of rotatable bonds is 7. The Hall–Kier alpha value is -0.710. The fraction of sp³-hybridized carbons (Fsp3) is 0.846. The van der Waals surface area contributed by atoms with Crippen molar-refractivity contribution in [2.24, 2.45) is 5.92 Å². The Morgan fingerprint density at radius 1 is 1.39 bits per heavy atom. The maximum absolute atomic E-state index is 11.7. The number of amides is 2. The first-order chi connectivity index (χ1) is 8.49. The minimum atomic E-state index is -0.0390. The Morgan fingerprint density at radius 3 is 2.67 bits per heavy atom. The number of nitrogens with zero attached hydrogens (tertiary/aromatic N) is 1. The van der Waals surface area contributed by atoms with E-state index in [9.17, 15) is 9.59 Å². The lowest BCUT2D eigenvalue weighted by atomic mass is 10.0. The molecule has 1 saturated heterocycles. The van der Waals surface area contributed by atoms with Crippen LogP contribution in [0.25, 0.3) is 0 Å². The van der Waals surface area contributed by atoms with Gasteiger partial charge in [0.25, 0.3) is 0 Å². The fourth-order valence-corrected chi connectivity index (χ4v) is 2.84. The summed E-state index contributed by atoms with van der Waals surface area (Å²) < 4.78 is 0. The minimum absolute atomic E-state index is 0.0390. The van der Waals surface area contributed by atoms with Crippen molar-refractivity contribution in [1.29, 1.82) is 0 Å². The predicted molar refractivity (Wildman–Crippen MR) is 75.3 cm³/mol. The summed E-state index contributed by atoms with van der Waals surface area (Å²) in [7, 11) is 0. The van der Waals surface area contributed by atoms with Crippen LogP contribution < -0.4 is 5.32 Å². The van der Waals surface area contributed by atoms with Crippen LogP contribution >= 0.6 is 11.8 Å². The molecule has 1 aliphatic rings. The Bertz CT molecular complexity index is 295. The molecule has 1 fully saturated rings. The normalized spacial score (nSPS) is 17.3. The van der Waals surface area contributed by atoms with Crippen molar-refractivity contribution in [3.05, 3.63) is 0 Å².